The molecule has 6 nitrogen and oxygen atoms in total. The van der Waals surface area contributed by atoms with Crippen molar-refractivity contribution in [2.24, 2.45) is 5.73 Å². The van der Waals surface area contributed by atoms with E-state index in [-0.39, 0.29) is 36.6 Å². The molecule has 0 spiro atoms. The molecule has 1 amide bonds. The number of ether oxygens (including phenoxy) is 1. The summed E-state index contributed by atoms with van der Waals surface area (Å²) in [5.74, 6) is 0.556. The van der Waals surface area contributed by atoms with Crippen molar-refractivity contribution in [2.75, 3.05) is 27.2 Å². The molecule has 0 fully saturated rings. The summed E-state index contributed by atoms with van der Waals surface area (Å²) < 4.78 is 5.64. The Labute approximate surface area is 172 Å². The van der Waals surface area contributed by atoms with Gasteiger partial charge in [0.1, 0.15) is 18.2 Å². The van der Waals surface area contributed by atoms with E-state index in [2.05, 4.69) is 10.2 Å². The second-order valence-electron chi connectivity index (χ2n) is 5.97. The van der Waals surface area contributed by atoms with Crippen molar-refractivity contribution in [1.82, 2.24) is 10.2 Å². The lowest BCUT2D eigenvalue weighted by atomic mass is 10.1. The van der Waals surface area contributed by atoms with Crippen molar-refractivity contribution in [3.8, 4) is 5.75 Å². The topological polar surface area (TPSA) is 91.4 Å². The summed E-state index contributed by atoms with van der Waals surface area (Å²) in [4.78, 5) is 14.3. The van der Waals surface area contributed by atoms with E-state index in [4.69, 9.17) is 15.9 Å². The van der Waals surface area contributed by atoms with Crippen molar-refractivity contribution >= 4 is 36.6 Å². The maximum atomic E-state index is 12.2. The summed E-state index contributed by atoms with van der Waals surface area (Å²) in [6.45, 7) is 1.91. The maximum absolute atomic E-state index is 12.2. The average Bonchev–Trinajstić information content (AvgIpc) is 2.60. The number of amidine groups is 1. The molecule has 27 heavy (non-hydrogen) atoms. The normalized spacial score (nSPS) is 9.74. The van der Waals surface area contributed by atoms with Crippen LogP contribution in [0.15, 0.2) is 48.5 Å². The van der Waals surface area contributed by atoms with E-state index >= 15 is 0 Å². The highest BCUT2D eigenvalue weighted by Gasteiger charge is 2.07. The number of nitrogens with zero attached hydrogens (tertiary/aromatic N) is 1. The Morgan fingerprint density at radius 1 is 1.11 bits per heavy atom. The van der Waals surface area contributed by atoms with Gasteiger partial charge >= 0.3 is 0 Å². The minimum absolute atomic E-state index is 0. The van der Waals surface area contributed by atoms with Crippen LogP contribution in [0.2, 0.25) is 0 Å². The number of halogens is 2. The lowest BCUT2D eigenvalue weighted by molar-refractivity contribution is 0.0951. The minimum atomic E-state index is -0.200. The van der Waals surface area contributed by atoms with Gasteiger partial charge in [-0.3, -0.25) is 10.2 Å². The predicted molar refractivity (Wildman–Crippen MR) is 114 cm³/mol. The molecule has 0 heterocycles. The van der Waals surface area contributed by atoms with Gasteiger partial charge in [-0.25, -0.2) is 0 Å². The fourth-order valence-electron chi connectivity index (χ4n) is 2.16. The SMILES string of the molecule is CN(C)CCOc1ccc(CNC(=O)c2cccc(C(=N)N)c2)cc1.Cl.Cl. The number of benzene rings is 2. The Hall–Kier alpha value is -2.28. The molecule has 0 aromatic heterocycles. The second-order valence-corrected chi connectivity index (χ2v) is 5.97. The Balaban J connectivity index is 0.00000338. The Kier molecular flexibility index (Phi) is 11.1. The summed E-state index contributed by atoms with van der Waals surface area (Å²) in [6, 6.07) is 14.4. The van der Waals surface area contributed by atoms with Crippen LogP contribution in [0.4, 0.5) is 0 Å². The lowest BCUT2D eigenvalue weighted by Crippen LogP contribution is -2.23. The number of hydrogen-bond acceptors (Lipinski definition) is 4. The van der Waals surface area contributed by atoms with Crippen LogP contribution < -0.4 is 15.8 Å². The summed E-state index contributed by atoms with van der Waals surface area (Å²) in [5.41, 5.74) is 7.45. The van der Waals surface area contributed by atoms with Crippen molar-refractivity contribution in [3.63, 3.8) is 0 Å². The van der Waals surface area contributed by atoms with E-state index in [1.165, 1.54) is 0 Å². The first kappa shape index (κ1) is 24.7. The molecular weight excluding hydrogens is 387 g/mol. The number of amides is 1. The Bertz CT molecular complexity index is 737. The molecule has 0 saturated heterocycles. The summed E-state index contributed by atoms with van der Waals surface area (Å²) in [6.07, 6.45) is 0. The van der Waals surface area contributed by atoms with Crippen LogP contribution in [0, 0.1) is 5.41 Å². The van der Waals surface area contributed by atoms with Crippen molar-refractivity contribution < 1.29 is 9.53 Å². The fourth-order valence-corrected chi connectivity index (χ4v) is 2.16. The standard InChI is InChI=1S/C19H24N4O2.2ClH/c1-23(2)10-11-25-17-8-6-14(7-9-17)13-22-19(24)16-5-3-4-15(12-16)18(20)21;;/h3-9,12H,10-11,13H2,1-2H3,(H3,20,21)(H,22,24);2*1H. The fraction of sp³-hybridized carbons (Fsp3) is 0.263. The maximum Gasteiger partial charge on any atom is 0.251 e. The largest absolute Gasteiger partial charge is 0.492 e. The number of carbonyl (C=O) groups is 1. The molecule has 2 rings (SSSR count). The lowest BCUT2D eigenvalue weighted by Gasteiger charge is -2.11. The van der Waals surface area contributed by atoms with Crippen LogP contribution in [0.5, 0.6) is 5.75 Å². The van der Waals surface area contributed by atoms with Gasteiger partial charge in [0.15, 0.2) is 0 Å². The Morgan fingerprint density at radius 2 is 1.74 bits per heavy atom. The van der Waals surface area contributed by atoms with Crippen LogP contribution in [-0.4, -0.2) is 43.9 Å². The highest BCUT2D eigenvalue weighted by Crippen LogP contribution is 2.12. The third-order valence-corrected chi connectivity index (χ3v) is 3.62. The van der Waals surface area contributed by atoms with Crippen LogP contribution >= 0.6 is 24.8 Å². The third kappa shape index (κ3) is 8.30. The zero-order valence-electron chi connectivity index (χ0n) is 15.4. The molecule has 0 radical (unpaired) electrons. The van der Waals surface area contributed by atoms with Gasteiger partial charge in [-0.1, -0.05) is 24.3 Å². The van der Waals surface area contributed by atoms with Gasteiger partial charge < -0.3 is 20.7 Å². The first-order valence-corrected chi connectivity index (χ1v) is 8.05. The molecule has 2 aromatic carbocycles. The first-order chi connectivity index (χ1) is 12.0. The quantitative estimate of drug-likeness (QED) is 0.459. The van der Waals surface area contributed by atoms with Gasteiger partial charge in [0, 0.05) is 24.2 Å². The summed E-state index contributed by atoms with van der Waals surface area (Å²) >= 11 is 0. The second kappa shape index (κ2) is 12.2. The van der Waals surface area contributed by atoms with E-state index in [0.717, 1.165) is 17.9 Å². The molecule has 0 aliphatic carbocycles. The smallest absolute Gasteiger partial charge is 0.251 e. The van der Waals surface area contributed by atoms with Gasteiger partial charge in [0.2, 0.25) is 0 Å². The zero-order valence-corrected chi connectivity index (χ0v) is 17.0. The van der Waals surface area contributed by atoms with Crippen LogP contribution in [0.3, 0.4) is 0 Å². The highest BCUT2D eigenvalue weighted by atomic mass is 35.5. The molecule has 2 aromatic rings. The van der Waals surface area contributed by atoms with Gasteiger partial charge in [0.25, 0.3) is 5.91 Å². The molecule has 4 N–H and O–H groups in total. The predicted octanol–water partition coefficient (Wildman–Crippen LogP) is 2.68. The number of nitrogens with two attached hydrogens (primary N) is 1. The number of rotatable bonds is 8. The first-order valence-electron chi connectivity index (χ1n) is 8.05. The monoisotopic (exact) mass is 412 g/mol. The molecule has 0 saturated carbocycles. The molecule has 148 valence electrons. The molecule has 0 aliphatic heterocycles. The molecule has 0 aliphatic rings. The van der Waals surface area contributed by atoms with Crippen LogP contribution in [0.25, 0.3) is 0 Å². The highest BCUT2D eigenvalue weighted by molar-refractivity contribution is 6.00. The number of nitrogens with one attached hydrogen (secondary N) is 2. The third-order valence-electron chi connectivity index (χ3n) is 3.62. The van der Waals surface area contributed by atoms with Crippen LogP contribution in [-0.2, 0) is 6.54 Å². The van der Waals surface area contributed by atoms with E-state index < -0.39 is 0 Å². The molecule has 8 heteroatoms. The number of carbonyl (C=O) groups excluding carboxylic acids is 1. The molecular formula is C19H26Cl2N4O2. The van der Waals surface area contributed by atoms with Crippen molar-refractivity contribution in [2.45, 2.75) is 6.54 Å². The minimum Gasteiger partial charge on any atom is -0.492 e. The van der Waals surface area contributed by atoms with Gasteiger partial charge in [-0.2, -0.15) is 0 Å². The molecule has 0 atom stereocenters. The molecule has 0 bridgehead atoms. The molecule has 0 unspecified atom stereocenters. The average molecular weight is 413 g/mol. The van der Waals surface area contributed by atoms with E-state index in [1.807, 2.05) is 38.4 Å². The van der Waals surface area contributed by atoms with Gasteiger partial charge in [0.05, 0.1) is 0 Å². The van der Waals surface area contributed by atoms with E-state index in [9.17, 15) is 4.79 Å². The van der Waals surface area contributed by atoms with Crippen LogP contribution in [0.1, 0.15) is 21.5 Å². The Morgan fingerprint density at radius 3 is 2.33 bits per heavy atom. The summed E-state index contributed by atoms with van der Waals surface area (Å²) in [5, 5.41) is 10.3. The van der Waals surface area contributed by atoms with E-state index in [0.29, 0.717) is 24.3 Å². The van der Waals surface area contributed by atoms with E-state index in [1.54, 1.807) is 24.3 Å². The number of nitrogen functional groups attached to an aromatic ring is 1. The van der Waals surface area contributed by atoms with Crippen molar-refractivity contribution in [1.29, 1.82) is 5.41 Å². The summed E-state index contributed by atoms with van der Waals surface area (Å²) in [7, 11) is 4.00. The van der Waals surface area contributed by atoms with Gasteiger partial charge in [-0.05, 0) is 43.9 Å². The van der Waals surface area contributed by atoms with Gasteiger partial charge in [-0.15, -0.1) is 24.8 Å². The number of likely N-dealkylation sites (N-methyl/N-ethyl adjacent to an activating group) is 1. The van der Waals surface area contributed by atoms with Crippen molar-refractivity contribution in [3.05, 3.63) is 65.2 Å². The number of hydrogen-bond donors (Lipinski definition) is 3. The zero-order chi connectivity index (χ0) is 18.2.